The van der Waals surface area contributed by atoms with Gasteiger partial charge < -0.3 is 9.47 Å². The van der Waals surface area contributed by atoms with Gasteiger partial charge in [0.15, 0.2) is 0 Å². The molecule has 0 heterocycles. The molecule has 3 heteroatoms. The summed E-state index contributed by atoms with van der Waals surface area (Å²) < 4.78 is 10.8. The molecule has 0 aromatic heterocycles. The van der Waals surface area contributed by atoms with Crippen molar-refractivity contribution >= 4 is 0 Å². The summed E-state index contributed by atoms with van der Waals surface area (Å²) in [4.78, 5) is 0. The average Bonchev–Trinajstić information content (AvgIpc) is 2.77. The number of methoxy groups -OCH3 is 2. The van der Waals surface area contributed by atoms with Gasteiger partial charge in [-0.25, -0.2) is 0 Å². The molecule has 0 fully saturated rings. The molecule has 1 aliphatic rings. The second-order valence-corrected chi connectivity index (χ2v) is 3.92. The van der Waals surface area contributed by atoms with Crippen LogP contribution in [0, 0.1) is 11.3 Å². The molecule has 16 heavy (non-hydrogen) atoms. The van der Waals surface area contributed by atoms with Crippen molar-refractivity contribution in [2.75, 3.05) is 14.2 Å². The number of rotatable bonds is 3. The molecule has 84 valence electrons. The van der Waals surface area contributed by atoms with E-state index in [1.165, 1.54) is 11.1 Å². The van der Waals surface area contributed by atoms with Gasteiger partial charge in [0.05, 0.1) is 26.7 Å². The number of fused-ring (bicyclic) bond motifs is 1. The fourth-order valence-corrected chi connectivity index (χ4v) is 2.42. The van der Waals surface area contributed by atoms with Gasteiger partial charge in [-0.05, 0) is 25.3 Å². The molecule has 0 spiro atoms. The molecule has 0 saturated heterocycles. The van der Waals surface area contributed by atoms with Crippen LogP contribution in [0.1, 0.15) is 23.1 Å². The number of ether oxygens (including phenoxy) is 2. The molecular weight excluding hydrogens is 202 g/mol. The molecule has 2 rings (SSSR count). The number of nitriles is 1. The summed E-state index contributed by atoms with van der Waals surface area (Å²) in [6, 6.07) is 4.10. The monoisotopic (exact) mass is 217 g/mol. The summed E-state index contributed by atoms with van der Waals surface area (Å²) in [7, 11) is 3.35. The first-order chi connectivity index (χ1) is 7.81. The van der Waals surface area contributed by atoms with Crippen LogP contribution in [0.3, 0.4) is 0 Å². The third-order valence-electron chi connectivity index (χ3n) is 3.08. The predicted octanol–water partition coefficient (Wildman–Crippen LogP) is 2.26. The molecule has 1 aromatic rings. The number of hydrogen-bond acceptors (Lipinski definition) is 3. The van der Waals surface area contributed by atoms with Gasteiger partial charge >= 0.3 is 0 Å². The Kier molecular flexibility index (Phi) is 3.00. The highest BCUT2D eigenvalue weighted by Crippen LogP contribution is 2.39. The minimum atomic E-state index is 0.368. The summed E-state index contributed by atoms with van der Waals surface area (Å²) in [5.41, 5.74) is 3.41. The highest BCUT2D eigenvalue weighted by atomic mass is 16.5. The maximum Gasteiger partial charge on any atom is 0.126 e. The third-order valence-corrected chi connectivity index (χ3v) is 3.08. The van der Waals surface area contributed by atoms with E-state index in [1.807, 2.05) is 6.07 Å². The van der Waals surface area contributed by atoms with Gasteiger partial charge in [-0.2, -0.15) is 5.26 Å². The lowest BCUT2D eigenvalue weighted by atomic mass is 10.0. The van der Waals surface area contributed by atoms with Gasteiger partial charge in [-0.3, -0.25) is 0 Å². The van der Waals surface area contributed by atoms with Crippen molar-refractivity contribution in [3.63, 3.8) is 0 Å². The fourth-order valence-electron chi connectivity index (χ4n) is 2.42. The molecule has 1 aliphatic carbocycles. The Morgan fingerprint density at radius 3 is 2.62 bits per heavy atom. The third kappa shape index (κ3) is 1.61. The van der Waals surface area contributed by atoms with E-state index in [0.717, 1.165) is 36.3 Å². The lowest BCUT2D eigenvalue weighted by Crippen LogP contribution is -2.00. The molecular formula is C13H15NO2. The molecule has 0 N–H and O–H groups in total. The second-order valence-electron chi connectivity index (χ2n) is 3.92. The highest BCUT2D eigenvalue weighted by Gasteiger charge is 2.22. The first-order valence-electron chi connectivity index (χ1n) is 5.44. The van der Waals surface area contributed by atoms with Crippen molar-refractivity contribution in [3.05, 3.63) is 22.8 Å². The van der Waals surface area contributed by atoms with E-state index >= 15 is 0 Å². The van der Waals surface area contributed by atoms with Crippen LogP contribution in [-0.2, 0) is 19.3 Å². The van der Waals surface area contributed by atoms with Gasteiger partial charge in [0, 0.05) is 16.7 Å². The second kappa shape index (κ2) is 4.44. The molecule has 0 unspecified atom stereocenters. The molecule has 0 bridgehead atoms. The van der Waals surface area contributed by atoms with E-state index in [-0.39, 0.29) is 0 Å². The molecule has 0 atom stereocenters. The van der Waals surface area contributed by atoms with Crippen molar-refractivity contribution in [1.82, 2.24) is 0 Å². The summed E-state index contributed by atoms with van der Waals surface area (Å²) >= 11 is 0. The van der Waals surface area contributed by atoms with Crippen molar-refractivity contribution < 1.29 is 9.47 Å². The average molecular weight is 217 g/mol. The van der Waals surface area contributed by atoms with E-state index in [1.54, 1.807) is 14.2 Å². The number of hydrogen-bond donors (Lipinski definition) is 0. The van der Waals surface area contributed by atoms with Gasteiger partial charge in [-0.15, -0.1) is 0 Å². The van der Waals surface area contributed by atoms with Crippen LogP contribution in [0.2, 0.25) is 0 Å². The first-order valence-corrected chi connectivity index (χ1v) is 5.44. The summed E-state index contributed by atoms with van der Waals surface area (Å²) in [6.45, 7) is 0. The van der Waals surface area contributed by atoms with Gasteiger partial charge in [0.25, 0.3) is 0 Å². The number of nitrogens with zero attached hydrogens (tertiary/aromatic N) is 1. The molecule has 0 aliphatic heterocycles. The van der Waals surface area contributed by atoms with Crippen molar-refractivity contribution in [3.8, 4) is 17.6 Å². The van der Waals surface area contributed by atoms with Crippen molar-refractivity contribution in [2.45, 2.75) is 25.7 Å². The van der Waals surface area contributed by atoms with Gasteiger partial charge in [-0.1, -0.05) is 0 Å². The van der Waals surface area contributed by atoms with E-state index in [4.69, 9.17) is 14.7 Å². The normalized spacial score (nSPS) is 13.1. The minimum absolute atomic E-state index is 0.368. The van der Waals surface area contributed by atoms with Gasteiger partial charge in [0.2, 0.25) is 0 Å². The van der Waals surface area contributed by atoms with Crippen LogP contribution in [-0.4, -0.2) is 14.2 Å². The topological polar surface area (TPSA) is 42.2 Å². The lowest BCUT2D eigenvalue weighted by molar-refractivity contribution is 0.394. The van der Waals surface area contributed by atoms with E-state index in [9.17, 15) is 0 Å². The Morgan fingerprint density at radius 2 is 2.00 bits per heavy atom. The van der Waals surface area contributed by atoms with Crippen LogP contribution >= 0.6 is 0 Å². The molecule has 1 aromatic carbocycles. The molecule has 0 radical (unpaired) electrons. The van der Waals surface area contributed by atoms with Crippen LogP contribution in [0.25, 0.3) is 0 Å². The SMILES string of the molecule is COc1cc(CC#N)c(OC)c2c1CCC2. The number of benzene rings is 1. The Hall–Kier alpha value is -1.69. The quantitative estimate of drug-likeness (QED) is 0.779. The zero-order chi connectivity index (χ0) is 11.5. The Labute approximate surface area is 95.6 Å². The Bertz CT molecular complexity index is 446. The van der Waals surface area contributed by atoms with Crippen LogP contribution in [0.4, 0.5) is 0 Å². The highest BCUT2D eigenvalue weighted by molar-refractivity contribution is 5.56. The molecule has 3 nitrogen and oxygen atoms in total. The predicted molar refractivity (Wildman–Crippen MR) is 60.9 cm³/mol. The standard InChI is InChI=1S/C13H15NO2/c1-15-12-8-9(6-7-14)13(16-2)11-5-3-4-10(11)12/h8H,3-6H2,1-2H3. The zero-order valence-corrected chi connectivity index (χ0v) is 9.67. The Morgan fingerprint density at radius 1 is 1.25 bits per heavy atom. The maximum absolute atomic E-state index is 8.81. The zero-order valence-electron chi connectivity index (χ0n) is 9.67. The minimum Gasteiger partial charge on any atom is -0.496 e. The fraction of sp³-hybridized carbons (Fsp3) is 0.462. The van der Waals surface area contributed by atoms with Crippen LogP contribution < -0.4 is 9.47 Å². The van der Waals surface area contributed by atoms with E-state index in [0.29, 0.717) is 6.42 Å². The Balaban J connectivity index is 2.59. The van der Waals surface area contributed by atoms with Crippen molar-refractivity contribution in [2.24, 2.45) is 0 Å². The van der Waals surface area contributed by atoms with Crippen LogP contribution in [0.15, 0.2) is 6.07 Å². The smallest absolute Gasteiger partial charge is 0.126 e. The van der Waals surface area contributed by atoms with E-state index in [2.05, 4.69) is 6.07 Å². The summed E-state index contributed by atoms with van der Waals surface area (Å²) in [6.07, 6.45) is 3.57. The summed E-state index contributed by atoms with van der Waals surface area (Å²) in [5.74, 6) is 1.79. The molecule has 0 amide bonds. The van der Waals surface area contributed by atoms with Crippen molar-refractivity contribution in [1.29, 1.82) is 5.26 Å². The van der Waals surface area contributed by atoms with E-state index < -0.39 is 0 Å². The maximum atomic E-state index is 8.81. The first kappa shape index (κ1) is 10.8. The summed E-state index contributed by atoms with van der Waals surface area (Å²) in [5, 5.41) is 8.81. The van der Waals surface area contributed by atoms with Gasteiger partial charge in [0.1, 0.15) is 11.5 Å². The van der Waals surface area contributed by atoms with Crippen LogP contribution in [0.5, 0.6) is 11.5 Å². The largest absolute Gasteiger partial charge is 0.496 e. The lowest BCUT2D eigenvalue weighted by Gasteiger charge is -2.15. The molecule has 0 saturated carbocycles.